The minimum Gasteiger partial charge on any atom is -0.481 e. The van der Waals surface area contributed by atoms with Gasteiger partial charge in [0.2, 0.25) is 0 Å². The summed E-state index contributed by atoms with van der Waals surface area (Å²) in [7, 11) is 0. The number of rotatable bonds is 16. The second kappa shape index (κ2) is 14.8. The summed E-state index contributed by atoms with van der Waals surface area (Å²) in [5, 5.41) is 25.5. The molecule has 0 heterocycles. The number of ether oxygens (including phenoxy) is 3. The van der Waals surface area contributed by atoms with Crippen LogP contribution in [0.1, 0.15) is 38.5 Å². The first-order valence-electron chi connectivity index (χ1n) is 8.44. The lowest BCUT2D eigenvalue weighted by molar-refractivity contribution is -0.162. The molecule has 0 aliphatic carbocycles. The molecule has 0 unspecified atom stereocenters. The lowest BCUT2D eigenvalue weighted by atomic mass is 10.3. The molecule has 0 saturated heterocycles. The first-order valence-corrected chi connectivity index (χ1v) is 8.44. The van der Waals surface area contributed by atoms with Gasteiger partial charge in [-0.3, -0.25) is 28.8 Å². The van der Waals surface area contributed by atoms with E-state index in [9.17, 15) is 28.8 Å². The molecule has 164 valence electrons. The largest absolute Gasteiger partial charge is 0.481 e. The van der Waals surface area contributed by atoms with Crippen molar-refractivity contribution in [3.05, 3.63) is 0 Å². The number of carboxylic acids is 3. The molecule has 0 aromatic rings. The topological polar surface area (TPSA) is 194 Å². The molecule has 0 spiro atoms. The van der Waals surface area contributed by atoms with Gasteiger partial charge in [0.1, 0.15) is 20.1 Å². The summed E-state index contributed by atoms with van der Waals surface area (Å²) in [4.78, 5) is 66.8. The highest BCUT2D eigenvalue weighted by atomic mass is 16.6. The van der Waals surface area contributed by atoms with Crippen molar-refractivity contribution in [3.63, 3.8) is 0 Å². The normalized spacial score (nSPS) is 10.2. The third-order valence-electron chi connectivity index (χ3n) is 3.12. The average molecular weight is 421 g/mol. The van der Waals surface area contributed by atoms with E-state index >= 15 is 0 Å². The van der Waals surface area contributed by atoms with Crippen molar-refractivity contribution >= 4 is 35.8 Å². The van der Waals surface area contributed by atoms with Crippen LogP contribution in [0.15, 0.2) is 0 Å². The lowest BCUT2D eigenvalue weighted by Gasteiger charge is -2.21. The first kappa shape index (κ1) is 25.8. The van der Waals surface area contributed by atoms with Crippen LogP contribution in [0, 0.1) is 0 Å². The van der Waals surface area contributed by atoms with Crippen LogP contribution >= 0.6 is 0 Å². The molecule has 0 fully saturated rings. The molecule has 0 radical (unpaired) electrons. The third kappa shape index (κ3) is 16.7. The minimum absolute atomic E-state index is 0.0583. The summed E-state index contributed by atoms with van der Waals surface area (Å²) in [6.45, 7) is -1.09. The second-order valence-corrected chi connectivity index (χ2v) is 5.59. The quantitative estimate of drug-likeness (QED) is 0.163. The molecule has 13 heteroatoms. The molecule has 0 saturated carbocycles. The Labute approximate surface area is 165 Å². The van der Waals surface area contributed by atoms with Crippen LogP contribution in [0.3, 0.4) is 0 Å². The van der Waals surface area contributed by atoms with Crippen molar-refractivity contribution < 1.29 is 58.3 Å². The summed E-state index contributed by atoms with van der Waals surface area (Å²) in [6.07, 6.45) is -2.32. The number of carbonyl (C=O) groups excluding carboxylic acids is 3. The van der Waals surface area contributed by atoms with Gasteiger partial charge in [-0.15, -0.1) is 0 Å². The number of nitrogens with zero attached hydrogens (tertiary/aromatic N) is 1. The fourth-order valence-corrected chi connectivity index (χ4v) is 1.63. The zero-order chi connectivity index (χ0) is 22.2. The van der Waals surface area contributed by atoms with Crippen LogP contribution in [0.4, 0.5) is 0 Å². The van der Waals surface area contributed by atoms with Crippen LogP contribution < -0.4 is 0 Å². The summed E-state index contributed by atoms with van der Waals surface area (Å²) in [5.74, 6) is -5.91. The van der Waals surface area contributed by atoms with Crippen LogP contribution in [0.5, 0.6) is 0 Å². The van der Waals surface area contributed by atoms with Gasteiger partial charge < -0.3 is 29.5 Å². The standard InChI is InChI=1S/C16H23NO12/c18-11(19)1-4-14(24)27-8-7-17(9-28-15(25)5-2-12(20)21)10-29-16(26)6-3-13(22)23/h1-10H2,(H,18,19)(H,20,21)(H,22,23). The van der Waals surface area contributed by atoms with Crippen LogP contribution in [0.25, 0.3) is 0 Å². The second-order valence-electron chi connectivity index (χ2n) is 5.59. The van der Waals surface area contributed by atoms with Crippen LogP contribution in [0.2, 0.25) is 0 Å². The number of aliphatic carboxylic acids is 3. The fraction of sp³-hybridized carbons (Fsp3) is 0.625. The minimum atomic E-state index is -1.18. The molecule has 29 heavy (non-hydrogen) atoms. The Balaban J connectivity index is 4.45. The summed E-state index contributed by atoms with van der Waals surface area (Å²) >= 11 is 0. The molecule has 0 atom stereocenters. The monoisotopic (exact) mass is 421 g/mol. The van der Waals surface area contributed by atoms with Gasteiger partial charge >= 0.3 is 35.8 Å². The molecule has 3 N–H and O–H groups in total. The predicted molar refractivity (Wildman–Crippen MR) is 90.2 cm³/mol. The molecule has 0 bridgehead atoms. The van der Waals surface area contributed by atoms with Gasteiger partial charge in [-0.05, 0) is 0 Å². The molecule has 0 aliphatic heterocycles. The van der Waals surface area contributed by atoms with Crippen molar-refractivity contribution in [2.45, 2.75) is 38.5 Å². The zero-order valence-electron chi connectivity index (χ0n) is 15.5. The van der Waals surface area contributed by atoms with E-state index in [1.165, 1.54) is 4.90 Å². The third-order valence-corrected chi connectivity index (χ3v) is 3.12. The van der Waals surface area contributed by atoms with Gasteiger partial charge in [-0.2, -0.15) is 0 Å². The Hall–Kier alpha value is -3.22. The SMILES string of the molecule is O=C(O)CCC(=O)OCCN(COC(=O)CCC(=O)O)COC(=O)CCC(=O)O. The summed E-state index contributed by atoms with van der Waals surface area (Å²) < 4.78 is 14.5. The van der Waals surface area contributed by atoms with Gasteiger partial charge in [-0.25, -0.2) is 4.90 Å². The van der Waals surface area contributed by atoms with Gasteiger partial charge in [-0.1, -0.05) is 0 Å². The zero-order valence-corrected chi connectivity index (χ0v) is 15.5. The average Bonchev–Trinajstić information content (AvgIpc) is 2.64. The van der Waals surface area contributed by atoms with E-state index in [4.69, 9.17) is 29.5 Å². The molecule has 0 aromatic heterocycles. The Morgan fingerprint density at radius 3 is 1.24 bits per heavy atom. The van der Waals surface area contributed by atoms with Crippen molar-refractivity contribution in [1.82, 2.24) is 4.90 Å². The Morgan fingerprint density at radius 2 is 0.897 bits per heavy atom. The fourth-order valence-electron chi connectivity index (χ4n) is 1.63. The maximum absolute atomic E-state index is 11.5. The van der Waals surface area contributed by atoms with Gasteiger partial charge in [0.25, 0.3) is 0 Å². The highest BCUT2D eigenvalue weighted by Crippen LogP contribution is 2.00. The van der Waals surface area contributed by atoms with Crippen molar-refractivity contribution in [1.29, 1.82) is 0 Å². The van der Waals surface area contributed by atoms with Gasteiger partial charge in [0.15, 0.2) is 0 Å². The highest BCUT2D eigenvalue weighted by Gasteiger charge is 2.15. The molecule has 13 nitrogen and oxygen atoms in total. The van der Waals surface area contributed by atoms with Crippen LogP contribution in [-0.2, 0) is 43.0 Å². The van der Waals surface area contributed by atoms with E-state index in [2.05, 4.69) is 0 Å². The summed E-state index contributed by atoms with van der Waals surface area (Å²) in [5.41, 5.74) is 0. The molecule has 0 aliphatic rings. The number of esters is 3. The molecular weight excluding hydrogens is 398 g/mol. The van der Waals surface area contributed by atoms with E-state index in [1.54, 1.807) is 0 Å². The molecule has 0 aromatic carbocycles. The Kier molecular flexibility index (Phi) is 13.1. The van der Waals surface area contributed by atoms with Crippen molar-refractivity contribution in [2.75, 3.05) is 26.6 Å². The van der Waals surface area contributed by atoms with Gasteiger partial charge in [0, 0.05) is 6.54 Å². The molecular formula is C16H23NO12. The van der Waals surface area contributed by atoms with Crippen molar-refractivity contribution in [2.24, 2.45) is 0 Å². The number of carbonyl (C=O) groups is 6. The van der Waals surface area contributed by atoms with Gasteiger partial charge in [0.05, 0.1) is 38.5 Å². The maximum atomic E-state index is 11.5. The Morgan fingerprint density at radius 1 is 0.552 bits per heavy atom. The Bertz CT molecular complexity index is 569. The summed E-state index contributed by atoms with van der Waals surface area (Å²) in [6, 6.07) is 0. The smallest absolute Gasteiger partial charge is 0.307 e. The number of carboxylic acid groups (broad SMARTS) is 3. The first-order chi connectivity index (χ1) is 13.6. The van der Waals surface area contributed by atoms with Crippen molar-refractivity contribution in [3.8, 4) is 0 Å². The van der Waals surface area contributed by atoms with E-state index in [-0.39, 0.29) is 32.4 Å². The van der Waals surface area contributed by atoms with E-state index in [1.807, 2.05) is 0 Å². The predicted octanol–water partition coefficient (Wildman–Crippen LogP) is -0.573. The van der Waals surface area contributed by atoms with E-state index < -0.39 is 68.5 Å². The number of hydrogen-bond donors (Lipinski definition) is 3. The highest BCUT2D eigenvalue weighted by molar-refractivity contribution is 5.77. The molecule has 0 amide bonds. The van der Waals surface area contributed by atoms with Crippen LogP contribution in [-0.4, -0.2) is 82.6 Å². The van der Waals surface area contributed by atoms with E-state index in [0.717, 1.165) is 0 Å². The molecule has 0 rings (SSSR count). The maximum Gasteiger partial charge on any atom is 0.307 e. The lowest BCUT2D eigenvalue weighted by Crippen LogP contribution is -2.35. The number of hydrogen-bond acceptors (Lipinski definition) is 10. The van der Waals surface area contributed by atoms with E-state index in [0.29, 0.717) is 0 Å².